The van der Waals surface area contributed by atoms with Crippen molar-refractivity contribution in [3.8, 4) is 0 Å². The molecule has 2 aromatic heterocycles. The highest BCUT2D eigenvalue weighted by Gasteiger charge is 2.14. The van der Waals surface area contributed by atoms with Crippen LogP contribution < -0.4 is 5.73 Å². The van der Waals surface area contributed by atoms with Gasteiger partial charge in [-0.2, -0.15) is 0 Å². The molecule has 0 aliphatic heterocycles. The van der Waals surface area contributed by atoms with Crippen molar-refractivity contribution in [3.63, 3.8) is 0 Å². The second-order valence-electron chi connectivity index (χ2n) is 3.78. The lowest BCUT2D eigenvalue weighted by Gasteiger charge is -2.10. The maximum atomic E-state index is 8.86. The summed E-state index contributed by atoms with van der Waals surface area (Å²) in [7, 11) is 0. The van der Waals surface area contributed by atoms with Gasteiger partial charge in [0.1, 0.15) is 5.03 Å². The zero-order chi connectivity index (χ0) is 13.1. The van der Waals surface area contributed by atoms with Gasteiger partial charge in [-0.05, 0) is 36.9 Å². The molecule has 0 aliphatic carbocycles. The number of pyridine rings is 1. The van der Waals surface area contributed by atoms with Gasteiger partial charge < -0.3 is 10.9 Å². The predicted molar refractivity (Wildman–Crippen MR) is 74.7 cm³/mol. The Balaban J connectivity index is 2.50. The lowest BCUT2D eigenvalue weighted by molar-refractivity contribution is 0.318. The number of nitrogens with two attached hydrogens (primary N) is 1. The van der Waals surface area contributed by atoms with Crippen LogP contribution in [0.5, 0.6) is 0 Å². The molecular formula is C12H13N3OS2. The Morgan fingerprint density at radius 3 is 2.89 bits per heavy atom. The molecule has 0 fully saturated rings. The first-order valence-corrected chi connectivity index (χ1v) is 6.99. The molecule has 0 saturated heterocycles. The third-order valence-electron chi connectivity index (χ3n) is 2.37. The van der Waals surface area contributed by atoms with E-state index in [-0.39, 0.29) is 5.84 Å². The van der Waals surface area contributed by atoms with E-state index in [1.165, 1.54) is 11.8 Å². The maximum absolute atomic E-state index is 8.86. The number of hydrogen-bond donors (Lipinski definition) is 2. The SMILES string of the molecule is Cc1cc(C)c(C(N)=NO)c(Sc2cccs2)n1. The predicted octanol–water partition coefficient (Wildman–Crippen LogP) is 3.01. The van der Waals surface area contributed by atoms with Gasteiger partial charge in [-0.15, -0.1) is 11.3 Å². The fourth-order valence-corrected chi connectivity index (χ4v) is 3.59. The number of rotatable bonds is 3. The summed E-state index contributed by atoms with van der Waals surface area (Å²) in [4.78, 5) is 4.48. The van der Waals surface area contributed by atoms with Crippen molar-refractivity contribution in [2.75, 3.05) is 0 Å². The topological polar surface area (TPSA) is 71.5 Å². The largest absolute Gasteiger partial charge is 0.409 e. The highest BCUT2D eigenvalue weighted by molar-refractivity contribution is 8.01. The number of amidine groups is 1. The number of aromatic nitrogens is 1. The van der Waals surface area contributed by atoms with Gasteiger partial charge in [-0.1, -0.05) is 23.0 Å². The van der Waals surface area contributed by atoms with E-state index in [0.717, 1.165) is 20.5 Å². The molecule has 6 heteroatoms. The standard InChI is InChI=1S/C12H13N3OS2/c1-7-6-8(2)14-12(10(7)11(13)15-16)18-9-4-3-5-17-9/h3-6,16H,1-2H3,(H2,13,15). The Kier molecular flexibility index (Phi) is 3.88. The van der Waals surface area contributed by atoms with Gasteiger partial charge in [0, 0.05) is 5.69 Å². The van der Waals surface area contributed by atoms with Crippen molar-refractivity contribution in [2.24, 2.45) is 10.9 Å². The summed E-state index contributed by atoms with van der Waals surface area (Å²) in [5, 5.41) is 14.7. The number of aryl methyl sites for hydroxylation is 2. The van der Waals surface area contributed by atoms with E-state index in [1.54, 1.807) is 11.3 Å². The smallest absolute Gasteiger partial charge is 0.173 e. The van der Waals surface area contributed by atoms with Gasteiger partial charge in [-0.25, -0.2) is 4.98 Å². The average molecular weight is 279 g/mol. The summed E-state index contributed by atoms with van der Waals surface area (Å²) < 4.78 is 1.12. The van der Waals surface area contributed by atoms with Gasteiger partial charge in [-0.3, -0.25) is 0 Å². The monoisotopic (exact) mass is 279 g/mol. The van der Waals surface area contributed by atoms with Crippen LogP contribution in [-0.4, -0.2) is 16.0 Å². The summed E-state index contributed by atoms with van der Waals surface area (Å²) in [6.07, 6.45) is 0. The van der Waals surface area contributed by atoms with Gasteiger partial charge in [0.25, 0.3) is 0 Å². The lowest BCUT2D eigenvalue weighted by Crippen LogP contribution is -2.17. The second kappa shape index (κ2) is 5.41. The Morgan fingerprint density at radius 1 is 1.50 bits per heavy atom. The maximum Gasteiger partial charge on any atom is 0.173 e. The van der Waals surface area contributed by atoms with E-state index in [0.29, 0.717) is 5.56 Å². The van der Waals surface area contributed by atoms with Crippen molar-refractivity contribution in [3.05, 3.63) is 40.4 Å². The van der Waals surface area contributed by atoms with E-state index in [4.69, 9.17) is 10.9 Å². The van der Waals surface area contributed by atoms with E-state index in [9.17, 15) is 0 Å². The molecule has 0 spiro atoms. The molecule has 0 aromatic carbocycles. The van der Waals surface area contributed by atoms with E-state index in [1.807, 2.05) is 37.4 Å². The second-order valence-corrected chi connectivity index (χ2v) is 6.02. The summed E-state index contributed by atoms with van der Waals surface area (Å²) in [5.41, 5.74) is 8.29. The number of nitrogens with zero attached hydrogens (tertiary/aromatic N) is 2. The first kappa shape index (κ1) is 12.9. The van der Waals surface area contributed by atoms with Gasteiger partial charge >= 0.3 is 0 Å². The molecule has 4 nitrogen and oxygen atoms in total. The first-order chi connectivity index (χ1) is 8.61. The highest BCUT2D eigenvalue weighted by atomic mass is 32.2. The Bertz CT molecular complexity index is 579. The van der Waals surface area contributed by atoms with Crippen molar-refractivity contribution in [1.82, 2.24) is 4.98 Å². The van der Waals surface area contributed by atoms with Crippen LogP contribution in [-0.2, 0) is 0 Å². The van der Waals surface area contributed by atoms with Crippen molar-refractivity contribution < 1.29 is 5.21 Å². The number of oxime groups is 1. The van der Waals surface area contributed by atoms with Crippen LogP contribution in [0, 0.1) is 13.8 Å². The van der Waals surface area contributed by atoms with Crippen molar-refractivity contribution in [2.45, 2.75) is 23.1 Å². The molecule has 0 bridgehead atoms. The van der Waals surface area contributed by atoms with Crippen LogP contribution in [0.2, 0.25) is 0 Å². The molecule has 2 rings (SSSR count). The van der Waals surface area contributed by atoms with Crippen LogP contribution in [0.4, 0.5) is 0 Å². The number of hydrogen-bond acceptors (Lipinski definition) is 5. The molecule has 0 atom stereocenters. The molecule has 2 heterocycles. The summed E-state index contributed by atoms with van der Waals surface area (Å²) >= 11 is 3.17. The van der Waals surface area contributed by atoms with Crippen molar-refractivity contribution >= 4 is 28.9 Å². The Labute approximate surface area is 114 Å². The van der Waals surface area contributed by atoms with Gasteiger partial charge in [0.2, 0.25) is 0 Å². The van der Waals surface area contributed by atoms with Gasteiger partial charge in [0.15, 0.2) is 5.84 Å². The third-order valence-corrected chi connectivity index (χ3v) is 4.39. The first-order valence-electron chi connectivity index (χ1n) is 5.29. The molecule has 0 aliphatic rings. The fraction of sp³-hybridized carbons (Fsp3) is 0.167. The van der Waals surface area contributed by atoms with Gasteiger partial charge in [0.05, 0.1) is 9.77 Å². The molecule has 94 valence electrons. The molecule has 0 saturated carbocycles. The van der Waals surface area contributed by atoms with Crippen LogP contribution in [0.15, 0.2) is 38.0 Å². The normalized spacial score (nSPS) is 11.8. The van der Waals surface area contributed by atoms with E-state index >= 15 is 0 Å². The minimum atomic E-state index is 0.0963. The van der Waals surface area contributed by atoms with Crippen LogP contribution in [0.25, 0.3) is 0 Å². The third kappa shape index (κ3) is 2.65. The molecule has 0 unspecified atom stereocenters. The molecular weight excluding hydrogens is 266 g/mol. The quantitative estimate of drug-likeness (QED) is 0.392. The fourth-order valence-electron chi connectivity index (χ4n) is 1.65. The Morgan fingerprint density at radius 2 is 2.28 bits per heavy atom. The molecule has 18 heavy (non-hydrogen) atoms. The van der Waals surface area contributed by atoms with E-state index in [2.05, 4.69) is 10.1 Å². The zero-order valence-corrected chi connectivity index (χ0v) is 11.7. The van der Waals surface area contributed by atoms with Crippen LogP contribution in [0.3, 0.4) is 0 Å². The minimum absolute atomic E-state index is 0.0963. The van der Waals surface area contributed by atoms with E-state index < -0.39 is 0 Å². The zero-order valence-electron chi connectivity index (χ0n) is 10.0. The minimum Gasteiger partial charge on any atom is -0.409 e. The lowest BCUT2D eigenvalue weighted by atomic mass is 10.1. The van der Waals surface area contributed by atoms with Crippen LogP contribution in [0.1, 0.15) is 16.8 Å². The van der Waals surface area contributed by atoms with Crippen LogP contribution >= 0.6 is 23.1 Å². The molecule has 3 N–H and O–H groups in total. The molecule has 2 aromatic rings. The Hall–Kier alpha value is -1.53. The average Bonchev–Trinajstić information content (AvgIpc) is 2.80. The summed E-state index contributed by atoms with van der Waals surface area (Å²) in [6.45, 7) is 3.86. The summed E-state index contributed by atoms with van der Waals surface area (Å²) in [6, 6.07) is 5.93. The molecule has 0 amide bonds. The molecule has 0 radical (unpaired) electrons. The highest BCUT2D eigenvalue weighted by Crippen LogP contribution is 2.33. The van der Waals surface area contributed by atoms with Crippen molar-refractivity contribution in [1.29, 1.82) is 0 Å². The number of thiophene rings is 1. The summed E-state index contributed by atoms with van der Waals surface area (Å²) in [5.74, 6) is 0.0963.